The van der Waals surface area contributed by atoms with Crippen LogP contribution in [-0.4, -0.2) is 23.6 Å². The topological polar surface area (TPSA) is 20.2 Å². The van der Waals surface area contributed by atoms with Gasteiger partial charge in [-0.05, 0) is 6.92 Å². The average molecular weight is 146 g/mol. The third-order valence-electron chi connectivity index (χ3n) is 0.848. The summed E-state index contributed by atoms with van der Waals surface area (Å²) in [6.07, 6.45) is -6.09. The molecule has 0 bridgehead atoms. The summed E-state index contributed by atoms with van der Waals surface area (Å²) in [7, 11) is 0. The smallest absolute Gasteiger partial charge is 0.332 e. The van der Waals surface area contributed by atoms with Gasteiger partial charge in [-0.1, -0.05) is 0 Å². The molecule has 9 heavy (non-hydrogen) atoms. The Morgan fingerprint density at radius 2 is 1.67 bits per heavy atom. The SMILES string of the molecule is CC(O)C(F)(F)C(F)F. The van der Waals surface area contributed by atoms with Crippen molar-refractivity contribution in [1.29, 1.82) is 0 Å². The summed E-state index contributed by atoms with van der Waals surface area (Å²) in [5.41, 5.74) is 0. The molecular formula is C4H6F4O. The summed E-state index contributed by atoms with van der Waals surface area (Å²) in [6, 6.07) is 0. The minimum atomic E-state index is -4.28. The van der Waals surface area contributed by atoms with Crippen molar-refractivity contribution in [3.63, 3.8) is 0 Å². The Morgan fingerprint density at radius 3 is 1.67 bits per heavy atom. The minimum absolute atomic E-state index is 0.617. The fraction of sp³-hybridized carbons (Fsp3) is 1.00. The van der Waals surface area contributed by atoms with E-state index < -0.39 is 18.5 Å². The van der Waals surface area contributed by atoms with Crippen LogP contribution in [0.15, 0.2) is 0 Å². The molecular weight excluding hydrogens is 140 g/mol. The number of halogens is 4. The number of aliphatic hydroxyl groups is 1. The molecule has 0 amide bonds. The largest absolute Gasteiger partial charge is 0.387 e. The highest BCUT2D eigenvalue weighted by atomic mass is 19.3. The van der Waals surface area contributed by atoms with Crippen LogP contribution >= 0.6 is 0 Å². The molecule has 0 aromatic rings. The second-order valence-corrected chi connectivity index (χ2v) is 1.65. The molecule has 0 aromatic carbocycles. The van der Waals surface area contributed by atoms with Crippen molar-refractivity contribution in [2.45, 2.75) is 25.4 Å². The summed E-state index contributed by atoms with van der Waals surface area (Å²) in [6.45, 7) is 0.617. The zero-order chi connectivity index (χ0) is 7.65. The molecule has 1 N–H and O–H groups in total. The van der Waals surface area contributed by atoms with E-state index in [-0.39, 0.29) is 0 Å². The van der Waals surface area contributed by atoms with Crippen LogP contribution in [-0.2, 0) is 0 Å². The summed E-state index contributed by atoms with van der Waals surface area (Å²) in [5.74, 6) is -4.28. The molecule has 0 fully saturated rings. The van der Waals surface area contributed by atoms with Crippen LogP contribution in [0.5, 0.6) is 0 Å². The summed E-state index contributed by atoms with van der Waals surface area (Å²) < 4.78 is 45.6. The predicted molar refractivity (Wildman–Crippen MR) is 22.6 cm³/mol. The van der Waals surface area contributed by atoms with Gasteiger partial charge in [0.05, 0.1) is 0 Å². The monoisotopic (exact) mass is 146 g/mol. The summed E-state index contributed by atoms with van der Waals surface area (Å²) >= 11 is 0. The van der Waals surface area contributed by atoms with E-state index in [1.165, 1.54) is 0 Å². The van der Waals surface area contributed by atoms with Crippen LogP contribution in [0.25, 0.3) is 0 Å². The van der Waals surface area contributed by atoms with E-state index in [1.807, 2.05) is 0 Å². The van der Waals surface area contributed by atoms with Crippen LogP contribution in [0.1, 0.15) is 6.92 Å². The molecule has 0 aliphatic heterocycles. The molecule has 56 valence electrons. The van der Waals surface area contributed by atoms with E-state index in [0.29, 0.717) is 6.92 Å². The van der Waals surface area contributed by atoms with Gasteiger partial charge in [-0.2, -0.15) is 8.78 Å². The van der Waals surface area contributed by atoms with Gasteiger partial charge in [-0.3, -0.25) is 0 Å². The van der Waals surface area contributed by atoms with Crippen LogP contribution < -0.4 is 0 Å². The lowest BCUT2D eigenvalue weighted by molar-refractivity contribution is -0.185. The van der Waals surface area contributed by atoms with Crippen molar-refractivity contribution in [2.24, 2.45) is 0 Å². The first-order valence-corrected chi connectivity index (χ1v) is 2.23. The first-order chi connectivity index (χ1) is 3.89. The highest BCUT2D eigenvalue weighted by Crippen LogP contribution is 2.26. The van der Waals surface area contributed by atoms with Crippen molar-refractivity contribution in [2.75, 3.05) is 0 Å². The minimum Gasteiger partial charge on any atom is -0.387 e. The van der Waals surface area contributed by atoms with Crippen molar-refractivity contribution >= 4 is 0 Å². The normalized spacial score (nSPS) is 16.3. The Morgan fingerprint density at radius 1 is 1.33 bits per heavy atom. The van der Waals surface area contributed by atoms with Crippen molar-refractivity contribution < 1.29 is 22.7 Å². The number of alkyl halides is 4. The van der Waals surface area contributed by atoms with Crippen molar-refractivity contribution in [3.8, 4) is 0 Å². The fourth-order valence-electron chi connectivity index (χ4n) is 0.182. The van der Waals surface area contributed by atoms with Crippen LogP contribution in [0, 0.1) is 0 Å². The van der Waals surface area contributed by atoms with Crippen LogP contribution in [0.2, 0.25) is 0 Å². The molecule has 0 saturated heterocycles. The van der Waals surface area contributed by atoms with E-state index in [0.717, 1.165) is 0 Å². The molecule has 0 aliphatic rings. The van der Waals surface area contributed by atoms with Gasteiger partial charge < -0.3 is 5.11 Å². The van der Waals surface area contributed by atoms with Crippen LogP contribution in [0.4, 0.5) is 17.6 Å². The third kappa shape index (κ3) is 1.82. The van der Waals surface area contributed by atoms with Gasteiger partial charge in [-0.15, -0.1) is 0 Å². The van der Waals surface area contributed by atoms with Gasteiger partial charge in [0.2, 0.25) is 0 Å². The highest BCUT2D eigenvalue weighted by molar-refractivity contribution is 4.74. The zero-order valence-corrected chi connectivity index (χ0v) is 4.61. The maximum Gasteiger partial charge on any atom is 0.332 e. The molecule has 1 atom stereocenters. The van der Waals surface area contributed by atoms with E-state index in [9.17, 15) is 17.6 Å². The molecule has 0 spiro atoms. The fourth-order valence-corrected chi connectivity index (χ4v) is 0.182. The molecule has 0 aromatic heterocycles. The number of hydrogen-bond donors (Lipinski definition) is 1. The zero-order valence-electron chi connectivity index (χ0n) is 4.61. The second kappa shape index (κ2) is 2.51. The van der Waals surface area contributed by atoms with Crippen molar-refractivity contribution in [1.82, 2.24) is 0 Å². The van der Waals surface area contributed by atoms with Gasteiger partial charge >= 0.3 is 12.3 Å². The molecule has 0 aliphatic carbocycles. The molecule has 0 heterocycles. The van der Waals surface area contributed by atoms with E-state index in [2.05, 4.69) is 0 Å². The van der Waals surface area contributed by atoms with Gasteiger partial charge in [0.25, 0.3) is 0 Å². The third-order valence-corrected chi connectivity index (χ3v) is 0.848. The first-order valence-electron chi connectivity index (χ1n) is 2.23. The standard InChI is InChI=1S/C4H6F4O/c1-2(9)4(7,8)3(5)6/h2-3,9H,1H3. The molecule has 1 unspecified atom stereocenters. The Bertz CT molecular complexity index is 80.6. The van der Waals surface area contributed by atoms with E-state index >= 15 is 0 Å². The summed E-state index contributed by atoms with van der Waals surface area (Å²) in [5, 5.41) is 8.02. The Labute approximate surface area is 49.3 Å². The molecule has 0 radical (unpaired) electrons. The Hall–Kier alpha value is -0.320. The van der Waals surface area contributed by atoms with E-state index in [4.69, 9.17) is 5.11 Å². The number of hydrogen-bond acceptors (Lipinski definition) is 1. The summed E-state index contributed by atoms with van der Waals surface area (Å²) in [4.78, 5) is 0. The second-order valence-electron chi connectivity index (χ2n) is 1.65. The van der Waals surface area contributed by atoms with Gasteiger partial charge in [0.15, 0.2) is 0 Å². The maximum atomic E-state index is 11.7. The van der Waals surface area contributed by atoms with Gasteiger partial charge in [0.1, 0.15) is 6.10 Å². The van der Waals surface area contributed by atoms with E-state index in [1.54, 1.807) is 0 Å². The average Bonchev–Trinajstić information content (AvgIpc) is 1.65. The quantitative estimate of drug-likeness (QED) is 0.581. The lowest BCUT2D eigenvalue weighted by Gasteiger charge is -2.17. The Kier molecular flexibility index (Phi) is 2.42. The van der Waals surface area contributed by atoms with Gasteiger partial charge in [-0.25, -0.2) is 8.78 Å². The van der Waals surface area contributed by atoms with Crippen LogP contribution in [0.3, 0.4) is 0 Å². The predicted octanol–water partition coefficient (Wildman–Crippen LogP) is 1.27. The number of aliphatic hydroxyl groups excluding tert-OH is 1. The lowest BCUT2D eigenvalue weighted by atomic mass is 10.2. The first kappa shape index (κ1) is 8.68. The van der Waals surface area contributed by atoms with Crippen molar-refractivity contribution in [3.05, 3.63) is 0 Å². The number of rotatable bonds is 2. The molecule has 0 rings (SSSR count). The molecule has 0 saturated carbocycles. The highest BCUT2D eigenvalue weighted by Gasteiger charge is 2.45. The molecule has 5 heteroatoms. The molecule has 1 nitrogen and oxygen atoms in total. The lowest BCUT2D eigenvalue weighted by Crippen LogP contribution is -2.38. The maximum absolute atomic E-state index is 11.7. The van der Waals surface area contributed by atoms with Gasteiger partial charge in [0, 0.05) is 0 Å². The Balaban J connectivity index is 4.01.